The topological polar surface area (TPSA) is 23.5 Å². The molecule has 0 radical (unpaired) electrons. The lowest BCUT2D eigenvalue weighted by Gasteiger charge is -2.16. The van der Waals surface area contributed by atoms with Crippen molar-refractivity contribution in [1.29, 1.82) is 0 Å². The zero-order chi connectivity index (χ0) is 11.7. The summed E-state index contributed by atoms with van der Waals surface area (Å²) in [4.78, 5) is 1.92. The van der Waals surface area contributed by atoms with Crippen molar-refractivity contribution >= 4 is 34.8 Å². The lowest BCUT2D eigenvalue weighted by atomic mass is 10.1. The lowest BCUT2D eigenvalue weighted by Crippen LogP contribution is -2.12. The standard InChI is InChI=1S/C10H12Cl3NO/c1-5-7(11)6(4-14(2)3)9(13)10(15)8(5)12/h15H,4H2,1-3H3. The first kappa shape index (κ1) is 12.9. The average Bonchev–Trinajstić information content (AvgIpc) is 2.18. The molecule has 0 aromatic heterocycles. The zero-order valence-corrected chi connectivity index (χ0v) is 11.0. The van der Waals surface area contributed by atoms with Gasteiger partial charge in [0.15, 0.2) is 5.75 Å². The molecule has 0 spiro atoms. The fraction of sp³-hybridized carbons (Fsp3) is 0.400. The van der Waals surface area contributed by atoms with Gasteiger partial charge in [-0.05, 0) is 26.6 Å². The smallest absolute Gasteiger partial charge is 0.153 e. The highest BCUT2D eigenvalue weighted by Gasteiger charge is 2.18. The van der Waals surface area contributed by atoms with Crippen LogP contribution in [-0.4, -0.2) is 24.1 Å². The largest absolute Gasteiger partial charge is 0.505 e. The van der Waals surface area contributed by atoms with Crippen LogP contribution in [-0.2, 0) is 6.54 Å². The molecule has 0 aliphatic carbocycles. The Morgan fingerprint density at radius 3 is 2.07 bits per heavy atom. The lowest BCUT2D eigenvalue weighted by molar-refractivity contribution is 0.400. The highest BCUT2D eigenvalue weighted by molar-refractivity contribution is 6.42. The van der Waals surface area contributed by atoms with E-state index in [1.54, 1.807) is 6.92 Å². The van der Waals surface area contributed by atoms with Crippen molar-refractivity contribution in [2.24, 2.45) is 0 Å². The van der Waals surface area contributed by atoms with Crippen molar-refractivity contribution in [1.82, 2.24) is 4.90 Å². The number of phenols is 1. The predicted octanol–water partition coefficient (Wildman–Crippen LogP) is 3.72. The minimum atomic E-state index is -0.0999. The third kappa shape index (κ3) is 2.51. The van der Waals surface area contributed by atoms with Crippen molar-refractivity contribution in [2.45, 2.75) is 13.5 Å². The van der Waals surface area contributed by atoms with Crippen LogP contribution in [0.1, 0.15) is 11.1 Å². The second kappa shape index (κ2) is 4.79. The molecule has 5 heteroatoms. The number of benzene rings is 1. The number of aromatic hydroxyl groups is 1. The second-order valence-corrected chi connectivity index (χ2v) is 4.77. The molecule has 1 aromatic rings. The van der Waals surface area contributed by atoms with Crippen LogP contribution in [0.2, 0.25) is 15.1 Å². The Bertz CT molecular complexity index is 362. The Kier molecular flexibility index (Phi) is 4.13. The molecule has 0 aliphatic heterocycles. The Labute approximate surface area is 104 Å². The van der Waals surface area contributed by atoms with Gasteiger partial charge in [0, 0.05) is 12.1 Å². The normalized spacial score (nSPS) is 11.1. The summed E-state index contributed by atoms with van der Waals surface area (Å²) in [5.41, 5.74) is 1.35. The number of phenolic OH excluding ortho intramolecular Hbond substituents is 1. The highest BCUT2D eigenvalue weighted by atomic mass is 35.5. The first-order valence-electron chi connectivity index (χ1n) is 4.35. The molecule has 0 atom stereocenters. The molecular weight excluding hydrogens is 256 g/mol. The van der Waals surface area contributed by atoms with Crippen LogP contribution < -0.4 is 0 Å². The number of nitrogens with zero attached hydrogens (tertiary/aromatic N) is 1. The summed E-state index contributed by atoms with van der Waals surface area (Å²) in [6.07, 6.45) is 0. The maximum Gasteiger partial charge on any atom is 0.153 e. The van der Waals surface area contributed by atoms with Gasteiger partial charge < -0.3 is 10.0 Å². The molecule has 0 fully saturated rings. The fourth-order valence-corrected chi connectivity index (χ4v) is 2.12. The summed E-state index contributed by atoms with van der Waals surface area (Å²) < 4.78 is 0. The van der Waals surface area contributed by atoms with Gasteiger partial charge in [-0.15, -0.1) is 0 Å². The van der Waals surface area contributed by atoms with E-state index in [0.717, 1.165) is 0 Å². The Morgan fingerprint density at radius 2 is 1.60 bits per heavy atom. The molecule has 0 unspecified atom stereocenters. The zero-order valence-electron chi connectivity index (χ0n) is 8.74. The summed E-state index contributed by atoms with van der Waals surface area (Å²) in [6, 6.07) is 0. The third-order valence-corrected chi connectivity index (χ3v) is 3.46. The van der Waals surface area contributed by atoms with Gasteiger partial charge in [0.05, 0.1) is 15.1 Å². The molecule has 0 saturated heterocycles. The minimum absolute atomic E-state index is 0.0999. The van der Waals surface area contributed by atoms with Crippen LogP contribution in [0, 0.1) is 6.92 Å². The number of halogens is 3. The molecule has 1 aromatic carbocycles. The average molecular weight is 269 g/mol. The predicted molar refractivity (Wildman–Crippen MR) is 65.3 cm³/mol. The Balaban J connectivity index is 3.39. The van der Waals surface area contributed by atoms with E-state index in [1.165, 1.54) is 0 Å². The summed E-state index contributed by atoms with van der Waals surface area (Å²) in [5.74, 6) is -0.0999. The first-order chi connectivity index (χ1) is 6.86. The van der Waals surface area contributed by atoms with Crippen molar-refractivity contribution in [3.05, 3.63) is 26.2 Å². The molecule has 0 heterocycles. The van der Waals surface area contributed by atoms with Crippen molar-refractivity contribution < 1.29 is 5.11 Å². The number of hydrogen-bond acceptors (Lipinski definition) is 2. The van der Waals surface area contributed by atoms with Gasteiger partial charge in [-0.2, -0.15) is 0 Å². The van der Waals surface area contributed by atoms with Crippen LogP contribution in [0.5, 0.6) is 5.75 Å². The molecule has 1 rings (SSSR count). The molecule has 15 heavy (non-hydrogen) atoms. The summed E-state index contributed by atoms with van der Waals surface area (Å²) in [7, 11) is 3.79. The fourth-order valence-electron chi connectivity index (χ4n) is 1.29. The highest BCUT2D eigenvalue weighted by Crippen LogP contribution is 2.42. The van der Waals surface area contributed by atoms with E-state index in [1.807, 2.05) is 19.0 Å². The first-order valence-corrected chi connectivity index (χ1v) is 5.49. The molecule has 2 nitrogen and oxygen atoms in total. The molecular formula is C10H12Cl3NO. The van der Waals surface area contributed by atoms with E-state index in [0.29, 0.717) is 22.7 Å². The van der Waals surface area contributed by atoms with Gasteiger partial charge in [-0.25, -0.2) is 0 Å². The minimum Gasteiger partial charge on any atom is -0.505 e. The SMILES string of the molecule is Cc1c(Cl)c(O)c(Cl)c(CN(C)C)c1Cl. The summed E-state index contributed by atoms with van der Waals surface area (Å²) in [5, 5.41) is 10.6. The van der Waals surface area contributed by atoms with E-state index in [-0.39, 0.29) is 15.8 Å². The van der Waals surface area contributed by atoms with Crippen LogP contribution >= 0.6 is 34.8 Å². The van der Waals surface area contributed by atoms with Crippen LogP contribution in [0.3, 0.4) is 0 Å². The molecule has 84 valence electrons. The van der Waals surface area contributed by atoms with E-state index < -0.39 is 0 Å². The van der Waals surface area contributed by atoms with Gasteiger partial charge in [0.25, 0.3) is 0 Å². The Hall–Kier alpha value is -0.150. The van der Waals surface area contributed by atoms with Crippen molar-refractivity contribution in [3.63, 3.8) is 0 Å². The van der Waals surface area contributed by atoms with Crippen LogP contribution in [0.25, 0.3) is 0 Å². The summed E-state index contributed by atoms with van der Waals surface area (Å²) >= 11 is 18.0. The quantitative estimate of drug-likeness (QED) is 0.883. The van der Waals surface area contributed by atoms with Gasteiger partial charge >= 0.3 is 0 Å². The maximum atomic E-state index is 9.66. The Morgan fingerprint density at radius 1 is 1.07 bits per heavy atom. The van der Waals surface area contributed by atoms with E-state index in [4.69, 9.17) is 34.8 Å². The number of hydrogen-bond donors (Lipinski definition) is 1. The van der Waals surface area contributed by atoms with Crippen LogP contribution in [0.15, 0.2) is 0 Å². The molecule has 0 amide bonds. The third-order valence-electron chi connectivity index (χ3n) is 2.08. The molecule has 0 aliphatic rings. The van der Waals surface area contributed by atoms with Gasteiger partial charge in [-0.3, -0.25) is 0 Å². The van der Waals surface area contributed by atoms with Crippen molar-refractivity contribution in [2.75, 3.05) is 14.1 Å². The van der Waals surface area contributed by atoms with Crippen molar-refractivity contribution in [3.8, 4) is 5.75 Å². The van der Waals surface area contributed by atoms with E-state index in [9.17, 15) is 5.11 Å². The molecule has 0 saturated carbocycles. The van der Waals surface area contributed by atoms with Crippen LogP contribution in [0.4, 0.5) is 0 Å². The monoisotopic (exact) mass is 267 g/mol. The van der Waals surface area contributed by atoms with Gasteiger partial charge in [0.2, 0.25) is 0 Å². The van der Waals surface area contributed by atoms with E-state index in [2.05, 4.69) is 0 Å². The molecule has 0 bridgehead atoms. The maximum absolute atomic E-state index is 9.66. The second-order valence-electron chi connectivity index (χ2n) is 3.63. The summed E-state index contributed by atoms with van der Waals surface area (Å²) in [6.45, 7) is 2.31. The van der Waals surface area contributed by atoms with Gasteiger partial charge in [0.1, 0.15) is 0 Å². The number of rotatable bonds is 2. The van der Waals surface area contributed by atoms with E-state index >= 15 is 0 Å². The van der Waals surface area contributed by atoms with Gasteiger partial charge in [-0.1, -0.05) is 34.8 Å². The molecule has 1 N–H and O–H groups in total.